The zero-order chi connectivity index (χ0) is 15.0. The van der Waals surface area contributed by atoms with E-state index in [2.05, 4.69) is 42.5 Å². The van der Waals surface area contributed by atoms with Gasteiger partial charge in [0.15, 0.2) is 0 Å². The number of aromatic nitrogens is 2. The highest BCUT2D eigenvalue weighted by atomic mass is 15.3. The predicted octanol–water partition coefficient (Wildman–Crippen LogP) is 2.15. The van der Waals surface area contributed by atoms with Gasteiger partial charge in [0.2, 0.25) is 0 Å². The summed E-state index contributed by atoms with van der Waals surface area (Å²) in [6, 6.07) is 0.723. The van der Waals surface area contributed by atoms with Gasteiger partial charge in [-0.2, -0.15) is 5.10 Å². The van der Waals surface area contributed by atoms with Crippen LogP contribution in [0.25, 0.3) is 0 Å². The standard InChI is InChI=1S/C17H28N4/c1-5-8-21-13(2)15(9-18-21)10-20-11-16(14-6-7-14)17(12-20)19(3)4/h5,9,14,16-17H,1,6-8,10-12H2,2-4H3/t16-,17+/m1/s1. The lowest BCUT2D eigenvalue weighted by Crippen LogP contribution is -2.36. The highest BCUT2D eigenvalue weighted by molar-refractivity contribution is 5.17. The molecule has 1 saturated carbocycles. The van der Waals surface area contributed by atoms with Crippen molar-refractivity contribution in [2.75, 3.05) is 27.2 Å². The molecule has 1 aromatic heterocycles. The van der Waals surface area contributed by atoms with Crippen LogP contribution in [0.4, 0.5) is 0 Å². The molecule has 2 aliphatic rings. The maximum Gasteiger partial charge on any atom is 0.0590 e. The third-order valence-corrected chi connectivity index (χ3v) is 5.20. The van der Waals surface area contributed by atoms with Crippen molar-refractivity contribution < 1.29 is 0 Å². The average molecular weight is 288 g/mol. The van der Waals surface area contributed by atoms with Crippen molar-refractivity contribution in [3.63, 3.8) is 0 Å². The third-order valence-electron chi connectivity index (χ3n) is 5.20. The lowest BCUT2D eigenvalue weighted by Gasteiger charge is -2.25. The number of likely N-dealkylation sites (tertiary alicyclic amines) is 1. The van der Waals surface area contributed by atoms with E-state index < -0.39 is 0 Å². The zero-order valence-electron chi connectivity index (χ0n) is 13.6. The molecule has 1 aliphatic heterocycles. The minimum Gasteiger partial charge on any atom is -0.305 e. The predicted molar refractivity (Wildman–Crippen MR) is 86.1 cm³/mol. The molecule has 1 saturated heterocycles. The van der Waals surface area contributed by atoms with E-state index in [-0.39, 0.29) is 0 Å². The van der Waals surface area contributed by atoms with Crippen LogP contribution in [-0.2, 0) is 13.1 Å². The molecule has 1 aromatic rings. The van der Waals surface area contributed by atoms with Gasteiger partial charge in [-0.1, -0.05) is 6.08 Å². The summed E-state index contributed by atoms with van der Waals surface area (Å²) in [5, 5.41) is 4.48. The fraction of sp³-hybridized carbons (Fsp3) is 0.706. The Morgan fingerprint density at radius 3 is 2.76 bits per heavy atom. The minimum absolute atomic E-state index is 0.723. The molecule has 0 aromatic carbocycles. The Kier molecular flexibility index (Phi) is 4.18. The van der Waals surface area contributed by atoms with E-state index in [0.29, 0.717) is 0 Å². The maximum atomic E-state index is 4.48. The zero-order valence-corrected chi connectivity index (χ0v) is 13.6. The van der Waals surface area contributed by atoms with E-state index in [0.717, 1.165) is 31.0 Å². The molecule has 1 aliphatic carbocycles. The molecule has 3 rings (SSSR count). The number of likely N-dealkylation sites (N-methyl/N-ethyl adjacent to an activating group) is 1. The first-order chi connectivity index (χ1) is 10.1. The maximum absolute atomic E-state index is 4.48. The van der Waals surface area contributed by atoms with Crippen LogP contribution in [0.5, 0.6) is 0 Å². The summed E-state index contributed by atoms with van der Waals surface area (Å²) in [4.78, 5) is 5.05. The van der Waals surface area contributed by atoms with Gasteiger partial charge in [-0.3, -0.25) is 9.58 Å². The summed E-state index contributed by atoms with van der Waals surface area (Å²) in [5.41, 5.74) is 2.65. The van der Waals surface area contributed by atoms with E-state index >= 15 is 0 Å². The fourth-order valence-corrected chi connectivity index (χ4v) is 3.74. The first-order valence-corrected chi connectivity index (χ1v) is 8.11. The summed E-state index contributed by atoms with van der Waals surface area (Å²) in [6.07, 6.45) is 6.83. The number of allylic oxidation sites excluding steroid dienone is 1. The Hall–Kier alpha value is -1.13. The molecule has 0 bridgehead atoms. The van der Waals surface area contributed by atoms with Gasteiger partial charge in [-0.05, 0) is 45.7 Å². The number of nitrogens with zero attached hydrogens (tertiary/aromatic N) is 4. The van der Waals surface area contributed by atoms with Gasteiger partial charge >= 0.3 is 0 Å². The Balaban J connectivity index is 1.67. The van der Waals surface area contributed by atoms with E-state index in [4.69, 9.17) is 0 Å². The van der Waals surface area contributed by atoms with Crippen LogP contribution in [0.15, 0.2) is 18.9 Å². The van der Waals surface area contributed by atoms with Crippen molar-refractivity contribution in [3.8, 4) is 0 Å². The lowest BCUT2D eigenvalue weighted by atomic mass is 9.97. The van der Waals surface area contributed by atoms with E-state index in [1.165, 1.54) is 37.2 Å². The first-order valence-electron chi connectivity index (χ1n) is 8.11. The van der Waals surface area contributed by atoms with Crippen molar-refractivity contribution >= 4 is 0 Å². The van der Waals surface area contributed by atoms with Gasteiger partial charge in [-0.25, -0.2) is 0 Å². The van der Waals surface area contributed by atoms with Gasteiger partial charge in [0, 0.05) is 36.9 Å². The Bertz CT molecular complexity index is 491. The number of hydrogen-bond acceptors (Lipinski definition) is 3. The van der Waals surface area contributed by atoms with Gasteiger partial charge in [0.25, 0.3) is 0 Å². The Morgan fingerprint density at radius 1 is 1.38 bits per heavy atom. The van der Waals surface area contributed by atoms with Crippen molar-refractivity contribution in [1.29, 1.82) is 0 Å². The molecule has 21 heavy (non-hydrogen) atoms. The first kappa shape index (κ1) is 14.8. The summed E-state index contributed by atoms with van der Waals surface area (Å²) >= 11 is 0. The average Bonchev–Trinajstić information content (AvgIpc) is 3.13. The van der Waals surface area contributed by atoms with Crippen molar-refractivity contribution in [2.45, 2.75) is 38.9 Å². The lowest BCUT2D eigenvalue weighted by molar-refractivity contribution is 0.233. The molecule has 0 spiro atoms. The number of rotatable bonds is 6. The molecule has 0 unspecified atom stereocenters. The van der Waals surface area contributed by atoms with Crippen LogP contribution in [0.1, 0.15) is 24.1 Å². The third kappa shape index (κ3) is 3.06. The van der Waals surface area contributed by atoms with Gasteiger partial charge in [0.05, 0.1) is 12.7 Å². The second-order valence-corrected chi connectivity index (χ2v) is 6.95. The largest absolute Gasteiger partial charge is 0.305 e. The number of hydrogen-bond donors (Lipinski definition) is 0. The minimum atomic E-state index is 0.723. The quantitative estimate of drug-likeness (QED) is 0.750. The normalized spacial score (nSPS) is 26.7. The monoisotopic (exact) mass is 288 g/mol. The SMILES string of the molecule is C=CCn1ncc(CN2C[C@H](C3CC3)[C@@H](N(C)C)C2)c1C. The molecule has 2 atom stereocenters. The fourth-order valence-electron chi connectivity index (χ4n) is 3.74. The van der Waals surface area contributed by atoms with Crippen LogP contribution in [0, 0.1) is 18.8 Å². The molecule has 0 N–H and O–H groups in total. The Labute approximate surface area is 128 Å². The van der Waals surface area contributed by atoms with E-state index in [1.54, 1.807) is 0 Å². The summed E-state index contributed by atoms with van der Waals surface area (Å²) in [6.45, 7) is 10.3. The summed E-state index contributed by atoms with van der Waals surface area (Å²) in [7, 11) is 4.47. The molecular formula is C17H28N4. The van der Waals surface area contributed by atoms with Crippen molar-refractivity contribution in [2.24, 2.45) is 11.8 Å². The highest BCUT2D eigenvalue weighted by Crippen LogP contribution is 2.42. The molecule has 2 heterocycles. The van der Waals surface area contributed by atoms with Crippen molar-refractivity contribution in [1.82, 2.24) is 19.6 Å². The molecular weight excluding hydrogens is 260 g/mol. The molecule has 0 amide bonds. The molecule has 4 heteroatoms. The second-order valence-electron chi connectivity index (χ2n) is 6.95. The summed E-state index contributed by atoms with van der Waals surface area (Å²) < 4.78 is 2.04. The van der Waals surface area contributed by atoms with Gasteiger partial charge in [-0.15, -0.1) is 6.58 Å². The van der Waals surface area contributed by atoms with Crippen LogP contribution in [0.2, 0.25) is 0 Å². The topological polar surface area (TPSA) is 24.3 Å². The molecule has 4 nitrogen and oxygen atoms in total. The van der Waals surface area contributed by atoms with Crippen LogP contribution < -0.4 is 0 Å². The van der Waals surface area contributed by atoms with Crippen molar-refractivity contribution in [3.05, 3.63) is 30.1 Å². The molecule has 116 valence electrons. The van der Waals surface area contributed by atoms with Crippen LogP contribution in [-0.4, -0.2) is 52.8 Å². The van der Waals surface area contributed by atoms with Gasteiger partial charge < -0.3 is 4.90 Å². The highest BCUT2D eigenvalue weighted by Gasteiger charge is 2.43. The summed E-state index contributed by atoms with van der Waals surface area (Å²) in [5.74, 6) is 1.84. The van der Waals surface area contributed by atoms with E-state index in [1.807, 2.05) is 17.0 Å². The van der Waals surface area contributed by atoms with Crippen LogP contribution in [0.3, 0.4) is 0 Å². The van der Waals surface area contributed by atoms with E-state index in [9.17, 15) is 0 Å². The van der Waals surface area contributed by atoms with Gasteiger partial charge in [0.1, 0.15) is 0 Å². The smallest absolute Gasteiger partial charge is 0.0590 e. The molecule has 0 radical (unpaired) electrons. The Morgan fingerprint density at radius 2 is 2.14 bits per heavy atom. The molecule has 2 fully saturated rings. The van der Waals surface area contributed by atoms with Crippen LogP contribution >= 0.6 is 0 Å². The second kappa shape index (κ2) is 5.93.